The summed E-state index contributed by atoms with van der Waals surface area (Å²) in [6.45, 7) is 7.82. The summed E-state index contributed by atoms with van der Waals surface area (Å²) in [4.78, 5) is 11.8. The van der Waals surface area contributed by atoms with Gasteiger partial charge in [-0.15, -0.1) is 11.8 Å². The number of ether oxygens (including phenoxy) is 1. The van der Waals surface area contributed by atoms with Gasteiger partial charge in [0.2, 0.25) is 0 Å². The van der Waals surface area contributed by atoms with Gasteiger partial charge in [-0.25, -0.2) is 0 Å². The Morgan fingerprint density at radius 2 is 1.83 bits per heavy atom. The first kappa shape index (κ1) is 10.1. The number of ketones is 1. The standard InChI is InChI=1S/C9H16O2S/c1-8(2)6(10)9(3,4)12-7(8)11-5/h7H,1-5H3. The molecule has 1 fully saturated rings. The third kappa shape index (κ3) is 1.29. The fraction of sp³-hybridized carbons (Fsp3) is 0.889. The summed E-state index contributed by atoms with van der Waals surface area (Å²) in [6.07, 6.45) is 0. The highest BCUT2D eigenvalue weighted by atomic mass is 32.2. The van der Waals surface area contributed by atoms with E-state index in [0.717, 1.165) is 0 Å². The van der Waals surface area contributed by atoms with Crippen LogP contribution in [0, 0.1) is 5.41 Å². The SMILES string of the molecule is COC1SC(C)(C)C(=O)C1(C)C. The molecule has 0 bridgehead atoms. The Kier molecular flexibility index (Phi) is 2.30. The molecule has 0 radical (unpaired) electrons. The van der Waals surface area contributed by atoms with Crippen molar-refractivity contribution in [2.75, 3.05) is 7.11 Å². The monoisotopic (exact) mass is 188 g/mol. The number of hydrogen-bond donors (Lipinski definition) is 0. The summed E-state index contributed by atoms with van der Waals surface area (Å²) in [7, 11) is 1.66. The van der Waals surface area contributed by atoms with E-state index in [1.165, 1.54) is 0 Å². The molecule has 1 atom stereocenters. The molecule has 0 amide bonds. The van der Waals surface area contributed by atoms with Gasteiger partial charge in [-0.3, -0.25) is 4.79 Å². The summed E-state index contributed by atoms with van der Waals surface area (Å²) >= 11 is 1.61. The maximum absolute atomic E-state index is 11.8. The average Bonchev–Trinajstić information content (AvgIpc) is 2.11. The molecule has 3 heteroatoms. The molecule has 0 aromatic heterocycles. The minimum Gasteiger partial charge on any atom is -0.370 e. The average molecular weight is 188 g/mol. The lowest BCUT2D eigenvalue weighted by molar-refractivity contribution is -0.130. The van der Waals surface area contributed by atoms with Crippen molar-refractivity contribution in [1.29, 1.82) is 0 Å². The highest BCUT2D eigenvalue weighted by molar-refractivity contribution is 8.02. The Labute approximate surface area is 78.1 Å². The zero-order valence-corrected chi connectivity index (χ0v) is 9.12. The molecule has 1 unspecified atom stereocenters. The van der Waals surface area contributed by atoms with Crippen molar-refractivity contribution >= 4 is 17.5 Å². The van der Waals surface area contributed by atoms with Crippen LogP contribution in [-0.4, -0.2) is 23.1 Å². The Morgan fingerprint density at radius 1 is 1.33 bits per heavy atom. The molecule has 0 saturated carbocycles. The molecule has 2 nitrogen and oxygen atoms in total. The summed E-state index contributed by atoms with van der Waals surface area (Å²) < 4.78 is 4.99. The van der Waals surface area contributed by atoms with Gasteiger partial charge in [0.25, 0.3) is 0 Å². The van der Waals surface area contributed by atoms with Gasteiger partial charge in [0.15, 0.2) is 5.78 Å². The smallest absolute Gasteiger partial charge is 0.157 e. The highest BCUT2D eigenvalue weighted by Gasteiger charge is 2.53. The minimum absolute atomic E-state index is 0.000000000000000444. The van der Waals surface area contributed by atoms with Crippen LogP contribution in [0.15, 0.2) is 0 Å². The highest BCUT2D eigenvalue weighted by Crippen LogP contribution is 2.50. The van der Waals surface area contributed by atoms with E-state index in [4.69, 9.17) is 4.74 Å². The lowest BCUT2D eigenvalue weighted by Crippen LogP contribution is -2.35. The van der Waals surface area contributed by atoms with Gasteiger partial charge in [-0.2, -0.15) is 0 Å². The van der Waals surface area contributed by atoms with Gasteiger partial charge in [0.05, 0.1) is 10.2 Å². The second-order valence-electron chi connectivity index (χ2n) is 4.25. The van der Waals surface area contributed by atoms with E-state index in [9.17, 15) is 4.79 Å². The summed E-state index contributed by atoms with van der Waals surface area (Å²) in [5.74, 6) is 0.284. The maximum atomic E-state index is 11.8. The second kappa shape index (κ2) is 2.74. The maximum Gasteiger partial charge on any atom is 0.157 e. The summed E-state index contributed by atoms with van der Waals surface area (Å²) in [5, 5.41) is 0. The van der Waals surface area contributed by atoms with Crippen LogP contribution in [0.5, 0.6) is 0 Å². The van der Waals surface area contributed by atoms with Crippen molar-refractivity contribution < 1.29 is 9.53 Å². The molecule has 1 heterocycles. The van der Waals surface area contributed by atoms with Crippen molar-refractivity contribution in [3.05, 3.63) is 0 Å². The molecule has 0 spiro atoms. The predicted molar refractivity (Wildman–Crippen MR) is 51.3 cm³/mol. The van der Waals surface area contributed by atoms with Crippen LogP contribution in [0.1, 0.15) is 27.7 Å². The molecule has 70 valence electrons. The molecule has 1 aliphatic heterocycles. The Hall–Kier alpha value is -0.0200. The Balaban J connectivity index is 2.96. The van der Waals surface area contributed by atoms with E-state index in [0.29, 0.717) is 0 Å². The van der Waals surface area contributed by atoms with Crippen molar-refractivity contribution in [2.24, 2.45) is 5.41 Å². The van der Waals surface area contributed by atoms with Crippen molar-refractivity contribution in [2.45, 2.75) is 37.9 Å². The molecule has 0 N–H and O–H groups in total. The molecule has 12 heavy (non-hydrogen) atoms. The Bertz CT molecular complexity index is 209. The van der Waals surface area contributed by atoms with Crippen molar-refractivity contribution in [3.63, 3.8) is 0 Å². The number of thioether (sulfide) groups is 1. The van der Waals surface area contributed by atoms with Crippen LogP contribution in [0.2, 0.25) is 0 Å². The molecule has 0 aromatic rings. The molecule has 0 aromatic carbocycles. The normalized spacial score (nSPS) is 32.4. The van der Waals surface area contributed by atoms with Crippen LogP contribution in [0.4, 0.5) is 0 Å². The number of carbonyl (C=O) groups is 1. The lowest BCUT2D eigenvalue weighted by atomic mass is 9.83. The number of rotatable bonds is 1. The van der Waals surface area contributed by atoms with E-state index in [-0.39, 0.29) is 21.4 Å². The van der Waals surface area contributed by atoms with Crippen LogP contribution >= 0.6 is 11.8 Å². The number of methoxy groups -OCH3 is 1. The van der Waals surface area contributed by atoms with Gasteiger partial charge in [-0.05, 0) is 27.7 Å². The third-order valence-corrected chi connectivity index (χ3v) is 4.11. The van der Waals surface area contributed by atoms with E-state index < -0.39 is 0 Å². The zero-order valence-electron chi connectivity index (χ0n) is 8.30. The van der Waals surface area contributed by atoms with E-state index >= 15 is 0 Å². The largest absolute Gasteiger partial charge is 0.370 e. The topological polar surface area (TPSA) is 26.3 Å². The fourth-order valence-corrected chi connectivity index (χ4v) is 3.10. The number of Topliss-reactive ketones (excluding diaryl/α,β-unsaturated/α-hetero) is 1. The molecule has 0 aliphatic carbocycles. The van der Waals surface area contributed by atoms with E-state index in [2.05, 4.69) is 0 Å². The van der Waals surface area contributed by atoms with Crippen LogP contribution in [0.25, 0.3) is 0 Å². The quantitative estimate of drug-likeness (QED) is 0.630. The van der Waals surface area contributed by atoms with Gasteiger partial charge >= 0.3 is 0 Å². The van der Waals surface area contributed by atoms with Crippen LogP contribution in [-0.2, 0) is 9.53 Å². The summed E-state index contributed by atoms with van der Waals surface area (Å²) in [6, 6.07) is 0. The molecule has 1 aliphatic rings. The third-order valence-electron chi connectivity index (χ3n) is 2.34. The van der Waals surface area contributed by atoms with Crippen molar-refractivity contribution in [1.82, 2.24) is 0 Å². The van der Waals surface area contributed by atoms with E-state index in [1.54, 1.807) is 18.9 Å². The van der Waals surface area contributed by atoms with Gasteiger partial charge < -0.3 is 4.74 Å². The summed E-state index contributed by atoms with van der Waals surface area (Å²) in [5.41, 5.74) is -0.344. The first-order valence-corrected chi connectivity index (χ1v) is 4.96. The Morgan fingerprint density at radius 3 is 2.00 bits per heavy atom. The minimum atomic E-state index is -0.344. The molecule has 1 saturated heterocycles. The first-order valence-electron chi connectivity index (χ1n) is 4.08. The predicted octanol–water partition coefficient (Wildman–Crippen LogP) is 2.08. The van der Waals surface area contributed by atoms with Crippen molar-refractivity contribution in [3.8, 4) is 0 Å². The fourth-order valence-electron chi connectivity index (χ4n) is 1.69. The van der Waals surface area contributed by atoms with Crippen LogP contribution in [0.3, 0.4) is 0 Å². The number of hydrogen-bond acceptors (Lipinski definition) is 3. The number of carbonyl (C=O) groups excluding carboxylic acids is 1. The second-order valence-corrected chi connectivity index (χ2v) is 5.93. The lowest BCUT2D eigenvalue weighted by Gasteiger charge is -2.22. The molecular weight excluding hydrogens is 172 g/mol. The van der Waals surface area contributed by atoms with Gasteiger partial charge in [-0.1, -0.05) is 0 Å². The first-order chi connectivity index (χ1) is 5.32. The molecular formula is C9H16O2S. The van der Waals surface area contributed by atoms with E-state index in [1.807, 2.05) is 27.7 Å². The van der Waals surface area contributed by atoms with Gasteiger partial charge in [0.1, 0.15) is 5.44 Å². The molecule has 1 rings (SSSR count). The van der Waals surface area contributed by atoms with Gasteiger partial charge in [0, 0.05) is 7.11 Å². The zero-order chi connectivity index (χ0) is 9.57. The van der Waals surface area contributed by atoms with Crippen LogP contribution < -0.4 is 0 Å².